The number of nitrogens with zero attached hydrogens (tertiary/aromatic N) is 2. The number of halogens is 1. The summed E-state index contributed by atoms with van der Waals surface area (Å²) < 4.78 is 0. The molecule has 1 heterocycles. The maximum Gasteiger partial charge on any atom is 0.407 e. The van der Waals surface area contributed by atoms with Crippen molar-refractivity contribution in [2.45, 2.75) is 111 Å². The summed E-state index contributed by atoms with van der Waals surface area (Å²) in [6.07, 6.45) is 15.9. The number of aliphatic imine (C=N–C) groups is 1. The number of allylic oxidation sites excluding steroid dienone is 1. The van der Waals surface area contributed by atoms with E-state index in [1.54, 1.807) is 10.5 Å². The normalized spacial score (nSPS) is 37.2. The molecule has 228 valence electrons. The summed E-state index contributed by atoms with van der Waals surface area (Å²) in [4.78, 5) is 18.3. The molecule has 3 saturated carbocycles. The molecule has 1 amide bonds. The Labute approximate surface area is 261 Å². The van der Waals surface area contributed by atoms with E-state index in [0.717, 1.165) is 73.8 Å². The van der Waals surface area contributed by atoms with Crippen LogP contribution in [-0.2, 0) is 0 Å². The average Bonchev–Trinajstić information content (AvgIpc) is 3.53. The number of carboxylic acid groups (broad SMARTS) is 1. The molecule has 5 rings (SSSR count). The molecule has 0 radical (unpaired) electrons. The third kappa shape index (κ3) is 6.20. The van der Waals surface area contributed by atoms with Gasteiger partial charge in [0.05, 0.1) is 6.54 Å². The van der Waals surface area contributed by atoms with Crippen molar-refractivity contribution in [2.75, 3.05) is 26.2 Å². The topological polar surface area (TPSA) is 77.0 Å². The molecule has 4 aliphatic carbocycles. The molecule has 0 aromatic carbocycles. The molecule has 40 heavy (non-hydrogen) atoms. The number of nitrogens with one attached hydrogen (secondary N) is 2. The lowest BCUT2D eigenvalue weighted by molar-refractivity contribution is -0.0540. The first-order valence-corrected chi connectivity index (χ1v) is 16.3. The summed E-state index contributed by atoms with van der Waals surface area (Å²) >= 11 is 0. The highest BCUT2D eigenvalue weighted by atomic mass is 127. The zero-order valence-corrected chi connectivity index (χ0v) is 28.2. The van der Waals surface area contributed by atoms with Crippen LogP contribution in [0.5, 0.6) is 0 Å². The van der Waals surface area contributed by atoms with E-state index in [1.807, 2.05) is 0 Å². The SMILES string of the molecule is CC(C)CCC[C@@H](C)[C@H]1CC[C@H]2[C@@H]3CC=C4C[C@@H](N(CCNC5=NCCN5)C(=O)O)CC[C@]4(C)[C@H]3CC[C@]12C.I. The van der Waals surface area contributed by atoms with Crippen LogP contribution in [0.2, 0.25) is 0 Å². The minimum Gasteiger partial charge on any atom is -0.465 e. The fraction of sp³-hybridized carbons (Fsp3) is 0.879. The third-order valence-corrected chi connectivity index (χ3v) is 12.3. The Morgan fingerprint density at radius 3 is 2.65 bits per heavy atom. The molecule has 0 saturated heterocycles. The van der Waals surface area contributed by atoms with Crippen LogP contribution < -0.4 is 10.6 Å². The number of amides is 1. The van der Waals surface area contributed by atoms with Crippen molar-refractivity contribution in [2.24, 2.45) is 51.3 Å². The number of hydrogen-bond donors (Lipinski definition) is 3. The Morgan fingerprint density at radius 2 is 1.95 bits per heavy atom. The average molecular weight is 669 g/mol. The second-order valence-corrected chi connectivity index (χ2v) is 14.7. The standard InChI is InChI=1S/C33H56N4O2.HI/c1-22(2)7-6-8-23(3)27-11-12-28-26-10-9-24-21-25(13-15-32(24,4)29(26)14-16-33(27,28)5)37(31(38)39)20-19-36-30-34-17-18-35-30;/h9,22-23,25-29H,6-8,10-21H2,1-5H3,(H,38,39)(H2,34,35,36);1H/t23-,25+,26+,27-,28+,29+,32+,33-;/m1./s1. The predicted octanol–water partition coefficient (Wildman–Crippen LogP) is 7.54. The number of carbonyl (C=O) groups is 1. The van der Waals surface area contributed by atoms with E-state index < -0.39 is 6.09 Å². The summed E-state index contributed by atoms with van der Waals surface area (Å²) in [7, 11) is 0. The zero-order chi connectivity index (χ0) is 27.8. The van der Waals surface area contributed by atoms with Crippen molar-refractivity contribution in [1.82, 2.24) is 15.5 Å². The van der Waals surface area contributed by atoms with Crippen LogP contribution >= 0.6 is 24.0 Å². The van der Waals surface area contributed by atoms with E-state index in [4.69, 9.17) is 0 Å². The summed E-state index contributed by atoms with van der Waals surface area (Å²) in [5.74, 6) is 5.84. The first-order valence-electron chi connectivity index (χ1n) is 16.3. The van der Waals surface area contributed by atoms with Gasteiger partial charge in [-0.1, -0.05) is 65.5 Å². The van der Waals surface area contributed by atoms with Gasteiger partial charge in [0, 0.05) is 25.7 Å². The van der Waals surface area contributed by atoms with Crippen LogP contribution in [0.1, 0.15) is 105 Å². The van der Waals surface area contributed by atoms with Crippen LogP contribution in [0.4, 0.5) is 4.79 Å². The van der Waals surface area contributed by atoms with Gasteiger partial charge in [-0.25, -0.2) is 4.79 Å². The summed E-state index contributed by atoms with van der Waals surface area (Å²) in [6, 6.07) is 0.0926. The Bertz CT molecular complexity index is 953. The maximum atomic E-state index is 12.3. The molecule has 0 unspecified atom stereocenters. The molecule has 1 aliphatic heterocycles. The number of fused-ring (bicyclic) bond motifs is 5. The van der Waals surface area contributed by atoms with E-state index in [9.17, 15) is 9.90 Å². The van der Waals surface area contributed by atoms with Crippen molar-refractivity contribution < 1.29 is 9.90 Å². The monoisotopic (exact) mass is 668 g/mol. The van der Waals surface area contributed by atoms with Gasteiger partial charge in [-0.2, -0.15) is 0 Å². The molecule has 8 atom stereocenters. The van der Waals surface area contributed by atoms with Crippen LogP contribution in [0.15, 0.2) is 16.6 Å². The first kappa shape index (κ1) is 31.9. The highest BCUT2D eigenvalue weighted by molar-refractivity contribution is 14.0. The summed E-state index contributed by atoms with van der Waals surface area (Å²) in [6.45, 7) is 15.3. The van der Waals surface area contributed by atoms with E-state index >= 15 is 0 Å². The minimum atomic E-state index is -0.783. The van der Waals surface area contributed by atoms with Crippen LogP contribution in [-0.4, -0.2) is 54.3 Å². The number of rotatable bonds is 9. The van der Waals surface area contributed by atoms with Gasteiger partial charge in [0.1, 0.15) is 0 Å². The molecule has 0 aromatic rings. The maximum absolute atomic E-state index is 12.3. The molecule has 7 heteroatoms. The summed E-state index contributed by atoms with van der Waals surface area (Å²) in [5, 5.41) is 16.6. The van der Waals surface area contributed by atoms with Gasteiger partial charge in [-0.15, -0.1) is 24.0 Å². The quantitative estimate of drug-likeness (QED) is 0.175. The number of hydrogen-bond acceptors (Lipinski definition) is 4. The molecule has 3 N–H and O–H groups in total. The summed E-state index contributed by atoms with van der Waals surface area (Å²) in [5.41, 5.74) is 2.34. The Hall–Kier alpha value is -0.990. The van der Waals surface area contributed by atoms with Gasteiger partial charge in [-0.3, -0.25) is 4.99 Å². The zero-order valence-electron chi connectivity index (χ0n) is 25.9. The molecule has 0 aromatic heterocycles. The van der Waals surface area contributed by atoms with E-state index in [1.165, 1.54) is 51.4 Å². The highest BCUT2D eigenvalue weighted by Crippen LogP contribution is 2.67. The molecular weight excluding hydrogens is 611 g/mol. The minimum absolute atomic E-state index is 0. The predicted molar refractivity (Wildman–Crippen MR) is 175 cm³/mol. The van der Waals surface area contributed by atoms with Crippen molar-refractivity contribution in [1.29, 1.82) is 0 Å². The molecule has 0 spiro atoms. The third-order valence-electron chi connectivity index (χ3n) is 12.3. The number of guanidine groups is 1. The van der Waals surface area contributed by atoms with Crippen molar-refractivity contribution >= 4 is 36.0 Å². The smallest absolute Gasteiger partial charge is 0.407 e. The lowest BCUT2D eigenvalue weighted by atomic mass is 9.46. The van der Waals surface area contributed by atoms with Crippen molar-refractivity contribution in [3.8, 4) is 0 Å². The fourth-order valence-corrected chi connectivity index (χ4v) is 10.2. The van der Waals surface area contributed by atoms with Gasteiger partial charge < -0.3 is 20.6 Å². The van der Waals surface area contributed by atoms with Gasteiger partial charge in [-0.05, 0) is 97.7 Å². The largest absolute Gasteiger partial charge is 0.465 e. The van der Waals surface area contributed by atoms with Crippen LogP contribution in [0.25, 0.3) is 0 Å². The second kappa shape index (κ2) is 13.1. The van der Waals surface area contributed by atoms with Gasteiger partial charge in [0.2, 0.25) is 0 Å². The van der Waals surface area contributed by atoms with Crippen molar-refractivity contribution in [3.63, 3.8) is 0 Å². The lowest BCUT2D eigenvalue weighted by Gasteiger charge is -2.59. The van der Waals surface area contributed by atoms with E-state index in [-0.39, 0.29) is 35.4 Å². The van der Waals surface area contributed by atoms with Gasteiger partial charge in [0.15, 0.2) is 5.96 Å². The van der Waals surface area contributed by atoms with E-state index in [2.05, 4.69) is 56.3 Å². The Kier molecular flexibility index (Phi) is 10.5. The molecular formula is C33H57IN4O2. The van der Waals surface area contributed by atoms with Crippen LogP contribution in [0.3, 0.4) is 0 Å². The fourth-order valence-electron chi connectivity index (χ4n) is 10.2. The van der Waals surface area contributed by atoms with Crippen LogP contribution in [0, 0.1) is 46.3 Å². The van der Waals surface area contributed by atoms with E-state index in [0.29, 0.717) is 18.5 Å². The molecule has 5 aliphatic rings. The Morgan fingerprint density at radius 1 is 1.15 bits per heavy atom. The highest BCUT2D eigenvalue weighted by Gasteiger charge is 2.59. The lowest BCUT2D eigenvalue weighted by Crippen LogP contribution is -2.53. The van der Waals surface area contributed by atoms with Gasteiger partial charge >= 0.3 is 6.09 Å². The first-order chi connectivity index (χ1) is 18.6. The second-order valence-electron chi connectivity index (χ2n) is 14.7. The Balaban J connectivity index is 0.00000370. The molecule has 3 fully saturated rings. The molecule has 6 nitrogen and oxygen atoms in total. The van der Waals surface area contributed by atoms with Gasteiger partial charge in [0.25, 0.3) is 0 Å². The van der Waals surface area contributed by atoms with Crippen molar-refractivity contribution in [3.05, 3.63) is 11.6 Å². The molecule has 0 bridgehead atoms.